The smallest absolute Gasteiger partial charge is 0.273 e. The molecule has 0 saturated heterocycles. The number of allylic oxidation sites excluding steroid dienone is 1. The first-order chi connectivity index (χ1) is 15.8. The van der Waals surface area contributed by atoms with Gasteiger partial charge < -0.3 is 10.6 Å². The Hall–Kier alpha value is -4.60. The van der Waals surface area contributed by atoms with Crippen molar-refractivity contribution in [2.24, 2.45) is 10.3 Å². The third-order valence-corrected chi connectivity index (χ3v) is 4.99. The first-order valence-corrected chi connectivity index (χ1v) is 10.1. The minimum absolute atomic E-state index is 0.126. The first kappa shape index (κ1) is 21.6. The lowest BCUT2D eigenvalue weighted by Gasteiger charge is -2.17. The molecule has 0 unspecified atom stereocenters. The Labute approximate surface area is 190 Å². The Kier molecular flexibility index (Phi) is 5.81. The van der Waals surface area contributed by atoms with Crippen LogP contribution in [-0.4, -0.2) is 31.9 Å². The molecule has 4 aromatic rings. The summed E-state index contributed by atoms with van der Waals surface area (Å²) in [6.45, 7) is 7.48. The van der Waals surface area contributed by atoms with Gasteiger partial charge in [0.15, 0.2) is 5.82 Å². The van der Waals surface area contributed by atoms with Crippen LogP contribution in [0.25, 0.3) is 16.7 Å². The number of benzene rings is 2. The zero-order valence-corrected chi connectivity index (χ0v) is 18.5. The Morgan fingerprint density at radius 3 is 2.45 bits per heavy atom. The quantitative estimate of drug-likeness (QED) is 0.430. The summed E-state index contributed by atoms with van der Waals surface area (Å²) in [4.78, 5) is 28.2. The van der Waals surface area contributed by atoms with Crippen LogP contribution in [0.2, 0.25) is 0 Å². The minimum Gasteiger partial charge on any atom is -0.368 e. The molecule has 0 aliphatic carbocycles. The molecule has 0 radical (unpaired) electrons. The van der Waals surface area contributed by atoms with E-state index in [2.05, 4.69) is 37.0 Å². The lowest BCUT2D eigenvalue weighted by atomic mass is 10.1. The molecule has 0 aliphatic rings. The summed E-state index contributed by atoms with van der Waals surface area (Å²) in [5.74, 6) is 0.978. The number of anilines is 3. The molecule has 0 atom stereocenters. The van der Waals surface area contributed by atoms with Gasteiger partial charge in [-0.15, -0.1) is 5.11 Å². The molecule has 2 aromatic heterocycles. The van der Waals surface area contributed by atoms with E-state index >= 15 is 0 Å². The minimum atomic E-state index is -0.222. The number of nitrogens with one attached hydrogen (secondary N) is 1. The van der Waals surface area contributed by atoms with E-state index in [0.717, 1.165) is 11.3 Å². The molecule has 0 bridgehead atoms. The predicted octanol–water partition coefficient (Wildman–Crippen LogP) is 4.27. The summed E-state index contributed by atoms with van der Waals surface area (Å²) in [6.07, 6.45) is 0. The number of H-pyrrole nitrogens is 1. The summed E-state index contributed by atoms with van der Waals surface area (Å²) in [5.41, 5.74) is 9.78. The van der Waals surface area contributed by atoms with Crippen LogP contribution in [0.15, 0.2) is 76.3 Å². The van der Waals surface area contributed by atoms with E-state index in [0.29, 0.717) is 34.3 Å². The molecule has 0 fully saturated rings. The van der Waals surface area contributed by atoms with Crippen molar-refractivity contribution in [3.8, 4) is 11.1 Å². The molecule has 2 aromatic carbocycles. The van der Waals surface area contributed by atoms with Crippen LogP contribution in [0.5, 0.6) is 0 Å². The molecule has 10 nitrogen and oxygen atoms in total. The molecule has 2 heterocycles. The van der Waals surface area contributed by atoms with Crippen molar-refractivity contribution < 1.29 is 0 Å². The fourth-order valence-corrected chi connectivity index (χ4v) is 3.22. The highest BCUT2D eigenvalue weighted by molar-refractivity contribution is 5.65. The average Bonchev–Trinajstić information content (AvgIpc) is 3.10. The van der Waals surface area contributed by atoms with E-state index in [9.17, 15) is 4.79 Å². The molecule has 0 spiro atoms. The molecule has 4 rings (SSSR count). The first-order valence-electron chi connectivity index (χ1n) is 10.1. The molecule has 0 aliphatic heterocycles. The number of nitrogen functional groups attached to an aromatic ring is 1. The van der Waals surface area contributed by atoms with Crippen molar-refractivity contribution in [2.45, 2.75) is 13.8 Å². The van der Waals surface area contributed by atoms with Crippen molar-refractivity contribution >= 4 is 28.8 Å². The summed E-state index contributed by atoms with van der Waals surface area (Å²) >= 11 is 0. The molecular formula is C23H23N9O. The molecule has 0 amide bonds. The maximum atomic E-state index is 12.4. The molecular weight excluding hydrogens is 418 g/mol. The summed E-state index contributed by atoms with van der Waals surface area (Å²) in [5, 5.41) is 11.1. The maximum Gasteiger partial charge on any atom is 0.273 e. The van der Waals surface area contributed by atoms with E-state index in [1.165, 1.54) is 4.79 Å². The standard InChI is InChI=1S/C23H23N9O/c1-14(2)20-25-22(24)27-23(26-20)31(4)18-12-10-17(11-13-18)28-30-32-15(3)19(21(33)29-32)16-8-6-5-7-9-16/h5-13H,1H2,2-4H3,(H,29,33)(H2,24,25,26,27). The zero-order valence-electron chi connectivity index (χ0n) is 18.5. The predicted molar refractivity (Wildman–Crippen MR) is 129 cm³/mol. The van der Waals surface area contributed by atoms with Crippen LogP contribution < -0.4 is 16.2 Å². The van der Waals surface area contributed by atoms with Crippen molar-refractivity contribution in [3.05, 3.63) is 83.0 Å². The van der Waals surface area contributed by atoms with Gasteiger partial charge in [-0.25, -0.2) is 5.10 Å². The Balaban J connectivity index is 1.55. The second kappa shape index (κ2) is 8.87. The largest absolute Gasteiger partial charge is 0.368 e. The number of nitrogens with zero attached hydrogens (tertiary/aromatic N) is 7. The molecule has 0 saturated carbocycles. The summed E-state index contributed by atoms with van der Waals surface area (Å²) in [7, 11) is 1.83. The average molecular weight is 441 g/mol. The van der Waals surface area contributed by atoms with Crippen LogP contribution in [0, 0.1) is 6.92 Å². The van der Waals surface area contributed by atoms with Gasteiger partial charge in [0.1, 0.15) is 0 Å². The summed E-state index contributed by atoms with van der Waals surface area (Å²) in [6, 6.07) is 16.8. The van der Waals surface area contributed by atoms with Gasteiger partial charge in [-0.3, -0.25) is 4.79 Å². The van der Waals surface area contributed by atoms with E-state index in [4.69, 9.17) is 5.73 Å². The highest BCUT2D eigenvalue weighted by Gasteiger charge is 2.13. The third-order valence-electron chi connectivity index (χ3n) is 4.99. The molecule has 10 heteroatoms. The van der Waals surface area contributed by atoms with E-state index in [1.54, 1.807) is 24.0 Å². The van der Waals surface area contributed by atoms with Gasteiger partial charge in [0, 0.05) is 12.7 Å². The number of aromatic amines is 1. The highest BCUT2D eigenvalue weighted by Crippen LogP contribution is 2.25. The fraction of sp³-hybridized carbons (Fsp3) is 0.130. The summed E-state index contributed by atoms with van der Waals surface area (Å²) < 4.78 is 0. The Morgan fingerprint density at radius 2 is 1.79 bits per heavy atom. The van der Waals surface area contributed by atoms with Crippen LogP contribution in [0.3, 0.4) is 0 Å². The normalized spacial score (nSPS) is 11.1. The van der Waals surface area contributed by atoms with E-state index in [-0.39, 0.29) is 11.5 Å². The van der Waals surface area contributed by atoms with Gasteiger partial charge >= 0.3 is 0 Å². The number of hydrogen-bond acceptors (Lipinski definition) is 8. The van der Waals surface area contributed by atoms with Gasteiger partial charge in [-0.05, 0) is 54.5 Å². The van der Waals surface area contributed by atoms with E-state index < -0.39 is 0 Å². The van der Waals surface area contributed by atoms with Crippen LogP contribution in [0.1, 0.15) is 18.4 Å². The third kappa shape index (κ3) is 4.54. The van der Waals surface area contributed by atoms with Crippen LogP contribution in [0.4, 0.5) is 23.3 Å². The van der Waals surface area contributed by atoms with Gasteiger partial charge in [-0.1, -0.05) is 36.9 Å². The van der Waals surface area contributed by atoms with Gasteiger partial charge in [0.25, 0.3) is 5.56 Å². The second-order valence-corrected chi connectivity index (χ2v) is 7.44. The fourth-order valence-electron chi connectivity index (χ4n) is 3.22. The number of aromatic nitrogens is 5. The van der Waals surface area contributed by atoms with Crippen LogP contribution in [-0.2, 0) is 0 Å². The molecule has 166 valence electrons. The van der Waals surface area contributed by atoms with Crippen molar-refractivity contribution in [1.29, 1.82) is 0 Å². The van der Waals surface area contributed by atoms with Gasteiger partial charge in [-0.2, -0.15) is 19.7 Å². The lowest BCUT2D eigenvalue weighted by molar-refractivity contribution is 0.664. The molecule has 33 heavy (non-hydrogen) atoms. The van der Waals surface area contributed by atoms with E-state index in [1.807, 2.05) is 56.4 Å². The van der Waals surface area contributed by atoms with Gasteiger partial charge in [0.2, 0.25) is 11.9 Å². The monoisotopic (exact) mass is 441 g/mol. The zero-order chi connectivity index (χ0) is 23.5. The number of hydrogen-bond donors (Lipinski definition) is 2. The number of rotatable bonds is 6. The van der Waals surface area contributed by atoms with Crippen molar-refractivity contribution in [1.82, 2.24) is 24.8 Å². The van der Waals surface area contributed by atoms with Crippen LogP contribution >= 0.6 is 0 Å². The lowest BCUT2D eigenvalue weighted by Crippen LogP contribution is -2.15. The van der Waals surface area contributed by atoms with Crippen molar-refractivity contribution in [3.63, 3.8) is 0 Å². The molecule has 3 N–H and O–H groups in total. The SMILES string of the molecule is C=C(C)c1nc(N)nc(N(C)c2ccc(N=Nn3[nH]c(=O)c(-c4ccccc4)c3C)cc2)n1. The maximum absolute atomic E-state index is 12.4. The number of nitrogens with two attached hydrogens (primary N) is 1. The van der Waals surface area contributed by atoms with Gasteiger partial charge in [0.05, 0.1) is 16.9 Å². The topological polar surface area (TPSA) is 130 Å². The van der Waals surface area contributed by atoms with Crippen molar-refractivity contribution in [2.75, 3.05) is 17.7 Å². The highest BCUT2D eigenvalue weighted by atomic mass is 16.1. The Bertz CT molecular complexity index is 1390. The second-order valence-electron chi connectivity index (χ2n) is 7.44. The Morgan fingerprint density at radius 1 is 1.09 bits per heavy atom.